The van der Waals surface area contributed by atoms with Gasteiger partial charge in [-0.05, 0) is 11.6 Å². The topological polar surface area (TPSA) is 19.0 Å². The molecule has 0 aliphatic rings. The van der Waals surface area contributed by atoms with E-state index in [-0.39, 0.29) is 6.42 Å². The zero-order valence-electron chi connectivity index (χ0n) is 7.75. The molecule has 1 aromatic carbocycles. The van der Waals surface area contributed by atoms with Crippen molar-refractivity contribution in [2.75, 3.05) is 0 Å². The zero-order chi connectivity index (χ0) is 10.8. The summed E-state index contributed by atoms with van der Waals surface area (Å²) in [6.07, 6.45) is -1.03. The van der Waals surface area contributed by atoms with Crippen LogP contribution in [0, 0.1) is 0 Å². The molecule has 1 aromatic heterocycles. The van der Waals surface area contributed by atoms with E-state index in [0.717, 1.165) is 10.9 Å². The molecule has 80 valence electrons. The number of rotatable bonds is 3. The number of benzene rings is 1. The molecule has 0 saturated heterocycles. The number of hydrogen-bond acceptors (Lipinski definition) is 1. The van der Waals surface area contributed by atoms with E-state index in [1.54, 1.807) is 18.3 Å². The molecular formula is C10H9F3N2. The van der Waals surface area contributed by atoms with Crippen molar-refractivity contribution < 1.29 is 13.4 Å². The van der Waals surface area contributed by atoms with Gasteiger partial charge < -0.3 is 4.98 Å². The Bertz CT molecular complexity index is 453. The molecule has 2 nitrogen and oxygen atoms in total. The Labute approximate surface area is 84.2 Å². The average molecular weight is 214 g/mol. The summed E-state index contributed by atoms with van der Waals surface area (Å²) in [5.41, 5.74) is 1.38. The number of fused-ring (bicyclic) bond motifs is 1. The Balaban J connectivity index is 2.29. The van der Waals surface area contributed by atoms with Crippen molar-refractivity contribution in [1.82, 2.24) is 10.3 Å². The summed E-state index contributed by atoms with van der Waals surface area (Å²) >= 11 is 0. The van der Waals surface area contributed by atoms with E-state index in [1.807, 2.05) is 12.1 Å². The summed E-state index contributed by atoms with van der Waals surface area (Å²) in [6.45, 7) is 0. The summed E-state index contributed by atoms with van der Waals surface area (Å²) in [5, 5.41) is -0.635. The van der Waals surface area contributed by atoms with Crippen LogP contribution in [0.2, 0.25) is 0 Å². The minimum atomic E-state index is -2.26. The smallest absolute Gasteiger partial charge is 0.216 e. The summed E-state index contributed by atoms with van der Waals surface area (Å²) in [5.74, 6) is 0. The van der Waals surface area contributed by atoms with Crippen LogP contribution < -0.4 is 0 Å². The molecule has 1 atom stereocenters. The number of aromatic nitrogens is 1. The number of H-pyrrole nitrogens is 1. The van der Waals surface area contributed by atoms with Crippen LogP contribution in [0.25, 0.3) is 10.9 Å². The Hall–Kier alpha value is -1.49. The third-order valence-corrected chi connectivity index (χ3v) is 2.28. The fourth-order valence-electron chi connectivity index (χ4n) is 1.55. The van der Waals surface area contributed by atoms with Gasteiger partial charge in [-0.25, -0.2) is 4.39 Å². The standard InChI is InChI=1S/C10H9F3N2/c11-10(15(12)13)5-7-6-14-9-4-2-1-3-8(7)9/h1-4,6,10,14H,5H2. The number of hydrogen-bond donors (Lipinski definition) is 1. The van der Waals surface area contributed by atoms with Crippen LogP contribution in [-0.2, 0) is 6.42 Å². The molecule has 5 heteroatoms. The summed E-state index contributed by atoms with van der Waals surface area (Å²) in [4.78, 5) is 2.90. The van der Waals surface area contributed by atoms with Crippen LogP contribution in [0.1, 0.15) is 5.56 Å². The molecule has 0 fully saturated rings. The Kier molecular flexibility index (Phi) is 2.64. The number of nitrogens with zero attached hydrogens (tertiary/aromatic N) is 1. The molecule has 2 rings (SSSR count). The average Bonchev–Trinajstić information content (AvgIpc) is 2.62. The van der Waals surface area contributed by atoms with E-state index in [2.05, 4.69) is 4.98 Å². The first-order chi connectivity index (χ1) is 7.18. The van der Waals surface area contributed by atoms with E-state index in [9.17, 15) is 13.4 Å². The fourth-order valence-corrected chi connectivity index (χ4v) is 1.55. The lowest BCUT2D eigenvalue weighted by Gasteiger charge is -2.06. The van der Waals surface area contributed by atoms with E-state index in [0.29, 0.717) is 5.56 Å². The van der Waals surface area contributed by atoms with Gasteiger partial charge in [0.2, 0.25) is 6.30 Å². The van der Waals surface area contributed by atoms with Crippen LogP contribution >= 0.6 is 0 Å². The lowest BCUT2D eigenvalue weighted by molar-refractivity contribution is -0.222. The predicted octanol–water partition coefficient (Wildman–Crippen LogP) is 3.08. The fraction of sp³-hybridized carbons (Fsp3) is 0.200. The van der Waals surface area contributed by atoms with Crippen molar-refractivity contribution >= 4 is 10.9 Å². The van der Waals surface area contributed by atoms with E-state index < -0.39 is 11.6 Å². The molecule has 2 aromatic rings. The van der Waals surface area contributed by atoms with Crippen LogP contribution in [0.3, 0.4) is 0 Å². The molecule has 0 amide bonds. The predicted molar refractivity (Wildman–Crippen MR) is 51.0 cm³/mol. The Morgan fingerprint density at radius 1 is 1.27 bits per heavy atom. The van der Waals surface area contributed by atoms with Crippen LogP contribution in [0.4, 0.5) is 13.4 Å². The highest BCUT2D eigenvalue weighted by Crippen LogP contribution is 2.21. The molecule has 0 saturated carbocycles. The SMILES string of the molecule is FC(Cc1c[nH]c2ccccc12)N(F)F. The Morgan fingerprint density at radius 3 is 2.73 bits per heavy atom. The van der Waals surface area contributed by atoms with Crippen molar-refractivity contribution in [2.24, 2.45) is 0 Å². The highest BCUT2D eigenvalue weighted by atomic mass is 19.4. The lowest BCUT2D eigenvalue weighted by Crippen LogP contribution is -2.17. The van der Waals surface area contributed by atoms with Gasteiger partial charge in [0.05, 0.1) is 5.34 Å². The van der Waals surface area contributed by atoms with Gasteiger partial charge in [-0.3, -0.25) is 0 Å². The second-order valence-corrected chi connectivity index (χ2v) is 3.26. The molecule has 1 N–H and O–H groups in total. The summed E-state index contributed by atoms with van der Waals surface area (Å²) < 4.78 is 36.5. The number of nitrogens with one attached hydrogen (secondary N) is 1. The maximum atomic E-state index is 12.8. The highest BCUT2D eigenvalue weighted by molar-refractivity contribution is 5.83. The van der Waals surface area contributed by atoms with Gasteiger partial charge in [0.1, 0.15) is 0 Å². The van der Waals surface area contributed by atoms with Crippen LogP contribution in [0.5, 0.6) is 0 Å². The third-order valence-electron chi connectivity index (χ3n) is 2.28. The normalized spacial score (nSPS) is 13.6. The van der Waals surface area contributed by atoms with Crippen LogP contribution in [0.15, 0.2) is 30.5 Å². The maximum Gasteiger partial charge on any atom is 0.216 e. The second kappa shape index (κ2) is 3.94. The number of alkyl halides is 1. The van der Waals surface area contributed by atoms with E-state index in [1.165, 1.54) is 0 Å². The molecule has 0 bridgehead atoms. The summed E-state index contributed by atoms with van der Waals surface area (Å²) in [6, 6.07) is 7.20. The largest absolute Gasteiger partial charge is 0.361 e. The van der Waals surface area contributed by atoms with E-state index >= 15 is 0 Å². The van der Waals surface area contributed by atoms with Crippen molar-refractivity contribution in [3.63, 3.8) is 0 Å². The minimum Gasteiger partial charge on any atom is -0.361 e. The Morgan fingerprint density at radius 2 is 2.00 bits per heavy atom. The number of halogens is 3. The monoisotopic (exact) mass is 214 g/mol. The van der Waals surface area contributed by atoms with E-state index in [4.69, 9.17) is 0 Å². The lowest BCUT2D eigenvalue weighted by atomic mass is 10.1. The first-order valence-corrected chi connectivity index (χ1v) is 4.48. The molecule has 0 aliphatic heterocycles. The second-order valence-electron chi connectivity index (χ2n) is 3.26. The quantitative estimate of drug-likeness (QED) is 0.614. The van der Waals surface area contributed by atoms with Gasteiger partial charge in [-0.2, -0.15) is 0 Å². The zero-order valence-corrected chi connectivity index (χ0v) is 7.75. The minimum absolute atomic E-state index is 0.322. The highest BCUT2D eigenvalue weighted by Gasteiger charge is 2.18. The maximum absolute atomic E-state index is 12.8. The molecule has 0 aliphatic carbocycles. The molecule has 0 radical (unpaired) electrons. The third kappa shape index (κ3) is 1.97. The number of aromatic amines is 1. The van der Waals surface area contributed by atoms with Gasteiger partial charge in [-0.15, -0.1) is 0 Å². The summed E-state index contributed by atoms with van der Waals surface area (Å²) in [7, 11) is 0. The van der Waals surface area contributed by atoms with Gasteiger partial charge in [0.15, 0.2) is 0 Å². The molecule has 1 heterocycles. The first-order valence-electron chi connectivity index (χ1n) is 4.48. The van der Waals surface area contributed by atoms with Crippen LogP contribution in [-0.4, -0.2) is 16.6 Å². The molecule has 15 heavy (non-hydrogen) atoms. The van der Waals surface area contributed by atoms with Crippen molar-refractivity contribution in [1.29, 1.82) is 0 Å². The molecule has 0 spiro atoms. The van der Waals surface area contributed by atoms with Gasteiger partial charge >= 0.3 is 0 Å². The number of para-hydroxylation sites is 1. The first kappa shape index (κ1) is 10.0. The van der Waals surface area contributed by atoms with Gasteiger partial charge in [0, 0.05) is 23.5 Å². The molecule has 1 unspecified atom stereocenters. The van der Waals surface area contributed by atoms with Crippen molar-refractivity contribution in [2.45, 2.75) is 12.7 Å². The van der Waals surface area contributed by atoms with Crippen molar-refractivity contribution in [3.05, 3.63) is 36.0 Å². The molecular weight excluding hydrogens is 205 g/mol. The van der Waals surface area contributed by atoms with Crippen molar-refractivity contribution in [3.8, 4) is 0 Å². The van der Waals surface area contributed by atoms with Gasteiger partial charge in [-0.1, -0.05) is 27.2 Å². The van der Waals surface area contributed by atoms with Gasteiger partial charge in [0.25, 0.3) is 0 Å².